The highest BCUT2D eigenvalue weighted by Gasteiger charge is 2.30. The molecule has 2 aliphatic heterocycles. The second-order valence-corrected chi connectivity index (χ2v) is 8.24. The first-order valence-corrected chi connectivity index (χ1v) is 9.61. The Kier molecular flexibility index (Phi) is 6.19. The van der Waals surface area contributed by atoms with Crippen molar-refractivity contribution >= 4 is 16.1 Å². The molecule has 128 valence electrons. The minimum Gasteiger partial charge on any atom is -0.354 e. The molecule has 3 N–H and O–H groups in total. The molecule has 0 aromatic heterocycles. The van der Waals surface area contributed by atoms with E-state index in [0.29, 0.717) is 19.6 Å². The van der Waals surface area contributed by atoms with Crippen molar-refractivity contribution in [2.75, 3.05) is 26.2 Å². The number of rotatable bonds is 6. The summed E-state index contributed by atoms with van der Waals surface area (Å²) in [5, 5.41) is 6.13. The fourth-order valence-electron chi connectivity index (χ4n) is 3.06. The molecule has 2 aliphatic rings. The fraction of sp³-hybridized carbons (Fsp3) is 0.929. The van der Waals surface area contributed by atoms with Gasteiger partial charge >= 0.3 is 0 Å². The number of nitrogens with zero attached hydrogens (tertiary/aromatic N) is 1. The van der Waals surface area contributed by atoms with Gasteiger partial charge in [-0.15, -0.1) is 0 Å². The predicted molar refractivity (Wildman–Crippen MR) is 85.5 cm³/mol. The SMILES string of the molecule is CC(C)NS(=O)(=O)N1CCCC(CNC(=O)C2CCCN2)C1. The van der Waals surface area contributed by atoms with Crippen LogP contribution in [0.3, 0.4) is 0 Å². The van der Waals surface area contributed by atoms with Crippen molar-refractivity contribution < 1.29 is 13.2 Å². The summed E-state index contributed by atoms with van der Waals surface area (Å²) in [6, 6.07) is -0.190. The zero-order chi connectivity index (χ0) is 16.2. The van der Waals surface area contributed by atoms with Crippen molar-refractivity contribution in [3.63, 3.8) is 0 Å². The zero-order valence-electron chi connectivity index (χ0n) is 13.5. The van der Waals surface area contributed by atoms with Crippen molar-refractivity contribution in [1.29, 1.82) is 0 Å². The average Bonchev–Trinajstić information content (AvgIpc) is 2.98. The molecule has 0 aromatic carbocycles. The van der Waals surface area contributed by atoms with Crippen LogP contribution in [0.1, 0.15) is 39.5 Å². The van der Waals surface area contributed by atoms with Crippen molar-refractivity contribution in [3.05, 3.63) is 0 Å². The average molecular weight is 332 g/mol. The number of amides is 1. The summed E-state index contributed by atoms with van der Waals surface area (Å²) in [6.07, 6.45) is 3.71. The van der Waals surface area contributed by atoms with E-state index in [4.69, 9.17) is 0 Å². The van der Waals surface area contributed by atoms with Gasteiger partial charge in [0.25, 0.3) is 10.2 Å². The van der Waals surface area contributed by atoms with Crippen LogP contribution in [0.25, 0.3) is 0 Å². The Labute approximate surface area is 133 Å². The van der Waals surface area contributed by atoms with Gasteiger partial charge in [-0.3, -0.25) is 4.79 Å². The number of carbonyl (C=O) groups excluding carboxylic acids is 1. The van der Waals surface area contributed by atoms with Gasteiger partial charge in [0, 0.05) is 25.7 Å². The molecule has 0 radical (unpaired) electrons. The monoisotopic (exact) mass is 332 g/mol. The Morgan fingerprint density at radius 2 is 2.09 bits per heavy atom. The van der Waals surface area contributed by atoms with Crippen LogP contribution in [-0.2, 0) is 15.0 Å². The van der Waals surface area contributed by atoms with E-state index in [-0.39, 0.29) is 23.9 Å². The maximum Gasteiger partial charge on any atom is 0.279 e. The highest BCUT2D eigenvalue weighted by molar-refractivity contribution is 7.87. The normalized spacial score (nSPS) is 27.2. The molecular formula is C14H28N4O3S. The Bertz CT molecular complexity index is 474. The molecule has 0 saturated carbocycles. The molecule has 2 rings (SSSR count). The number of hydrogen-bond donors (Lipinski definition) is 3. The number of nitrogens with one attached hydrogen (secondary N) is 3. The molecule has 2 unspecified atom stereocenters. The molecule has 7 nitrogen and oxygen atoms in total. The van der Waals surface area contributed by atoms with E-state index in [1.54, 1.807) is 0 Å². The Morgan fingerprint density at radius 1 is 1.32 bits per heavy atom. The molecule has 0 spiro atoms. The summed E-state index contributed by atoms with van der Waals surface area (Å²) in [6.45, 7) is 6.10. The van der Waals surface area contributed by atoms with Crippen LogP contribution in [0.4, 0.5) is 0 Å². The van der Waals surface area contributed by atoms with Gasteiger partial charge in [0.15, 0.2) is 0 Å². The first-order chi connectivity index (χ1) is 10.4. The van der Waals surface area contributed by atoms with Gasteiger partial charge in [0.1, 0.15) is 0 Å². The molecule has 0 bridgehead atoms. The van der Waals surface area contributed by atoms with E-state index < -0.39 is 10.2 Å². The van der Waals surface area contributed by atoms with Gasteiger partial charge in [-0.25, -0.2) is 0 Å². The van der Waals surface area contributed by atoms with E-state index in [1.165, 1.54) is 4.31 Å². The molecule has 2 saturated heterocycles. The second kappa shape index (κ2) is 7.72. The van der Waals surface area contributed by atoms with Gasteiger partial charge in [-0.1, -0.05) is 0 Å². The number of piperidine rings is 1. The van der Waals surface area contributed by atoms with E-state index in [2.05, 4.69) is 15.4 Å². The standard InChI is InChI=1S/C14H28N4O3S/c1-11(2)17-22(20,21)18-8-4-5-12(10-18)9-16-14(19)13-6-3-7-15-13/h11-13,15,17H,3-10H2,1-2H3,(H,16,19). The molecule has 22 heavy (non-hydrogen) atoms. The lowest BCUT2D eigenvalue weighted by molar-refractivity contribution is -0.123. The van der Waals surface area contributed by atoms with Crippen molar-refractivity contribution in [3.8, 4) is 0 Å². The lowest BCUT2D eigenvalue weighted by Gasteiger charge is -2.32. The summed E-state index contributed by atoms with van der Waals surface area (Å²) in [5.74, 6) is 0.223. The van der Waals surface area contributed by atoms with E-state index in [0.717, 1.165) is 32.2 Å². The molecule has 2 fully saturated rings. The highest BCUT2D eigenvalue weighted by Crippen LogP contribution is 2.18. The summed E-state index contributed by atoms with van der Waals surface area (Å²) < 4.78 is 28.5. The molecule has 2 heterocycles. The molecule has 2 atom stereocenters. The van der Waals surface area contributed by atoms with Gasteiger partial charge in [-0.05, 0) is 52.0 Å². The highest BCUT2D eigenvalue weighted by atomic mass is 32.2. The quantitative estimate of drug-likeness (QED) is 0.629. The Hall–Kier alpha value is -0.700. The van der Waals surface area contributed by atoms with Crippen LogP contribution >= 0.6 is 0 Å². The van der Waals surface area contributed by atoms with E-state index >= 15 is 0 Å². The Balaban J connectivity index is 1.81. The first-order valence-electron chi connectivity index (χ1n) is 8.17. The molecule has 1 amide bonds. The molecular weight excluding hydrogens is 304 g/mol. The second-order valence-electron chi connectivity index (χ2n) is 6.54. The maximum absolute atomic E-state index is 12.2. The summed E-state index contributed by atoms with van der Waals surface area (Å²) in [5.41, 5.74) is 0. The number of hydrogen-bond acceptors (Lipinski definition) is 4. The Morgan fingerprint density at radius 3 is 2.73 bits per heavy atom. The van der Waals surface area contributed by atoms with Gasteiger partial charge in [-0.2, -0.15) is 17.4 Å². The van der Waals surface area contributed by atoms with E-state index in [9.17, 15) is 13.2 Å². The van der Waals surface area contributed by atoms with Crippen LogP contribution in [0, 0.1) is 5.92 Å². The van der Waals surface area contributed by atoms with Crippen molar-refractivity contribution in [2.24, 2.45) is 5.92 Å². The topological polar surface area (TPSA) is 90.5 Å². The minimum atomic E-state index is -3.41. The predicted octanol–water partition coefficient (Wildman–Crippen LogP) is -0.191. The van der Waals surface area contributed by atoms with Gasteiger partial charge in [0.05, 0.1) is 6.04 Å². The van der Waals surface area contributed by atoms with Crippen LogP contribution < -0.4 is 15.4 Å². The molecule has 8 heteroatoms. The number of carbonyl (C=O) groups is 1. The fourth-order valence-corrected chi connectivity index (χ4v) is 4.58. The van der Waals surface area contributed by atoms with Crippen LogP contribution in [0.15, 0.2) is 0 Å². The minimum absolute atomic E-state index is 0.0396. The van der Waals surface area contributed by atoms with Gasteiger partial charge in [0.2, 0.25) is 5.91 Å². The van der Waals surface area contributed by atoms with Crippen LogP contribution in [0.5, 0.6) is 0 Å². The maximum atomic E-state index is 12.2. The third kappa shape index (κ3) is 4.91. The van der Waals surface area contributed by atoms with Crippen LogP contribution in [0.2, 0.25) is 0 Å². The third-order valence-corrected chi connectivity index (χ3v) is 5.93. The summed E-state index contributed by atoms with van der Waals surface area (Å²) in [7, 11) is -3.41. The molecule has 0 aliphatic carbocycles. The molecule has 0 aromatic rings. The summed E-state index contributed by atoms with van der Waals surface area (Å²) in [4.78, 5) is 12.0. The van der Waals surface area contributed by atoms with Crippen molar-refractivity contribution in [2.45, 2.75) is 51.6 Å². The largest absolute Gasteiger partial charge is 0.354 e. The summed E-state index contributed by atoms with van der Waals surface area (Å²) >= 11 is 0. The zero-order valence-corrected chi connectivity index (χ0v) is 14.3. The lowest BCUT2D eigenvalue weighted by atomic mass is 9.99. The lowest BCUT2D eigenvalue weighted by Crippen LogP contribution is -2.50. The van der Waals surface area contributed by atoms with Crippen molar-refractivity contribution in [1.82, 2.24) is 19.7 Å². The van der Waals surface area contributed by atoms with E-state index in [1.807, 2.05) is 13.8 Å². The third-order valence-electron chi connectivity index (χ3n) is 4.15. The van der Waals surface area contributed by atoms with Gasteiger partial charge < -0.3 is 10.6 Å². The van der Waals surface area contributed by atoms with Crippen LogP contribution in [-0.4, -0.2) is 56.9 Å². The smallest absolute Gasteiger partial charge is 0.279 e. The first kappa shape index (κ1) is 17.7.